The molecule has 0 aromatic rings. The Kier molecular flexibility index (Phi) is 4.59. The number of allylic oxidation sites excluding steroid dienone is 3. The van der Waals surface area contributed by atoms with Crippen molar-refractivity contribution in [1.29, 1.82) is 0 Å². The number of hydrogen-bond acceptors (Lipinski definition) is 3. The molecule has 1 saturated heterocycles. The molecule has 124 valence electrons. The van der Waals surface area contributed by atoms with Gasteiger partial charge in [0, 0.05) is 44.5 Å². The van der Waals surface area contributed by atoms with Crippen LogP contribution >= 0.6 is 0 Å². The number of piperidine rings is 1. The fourth-order valence-corrected chi connectivity index (χ4v) is 3.53. The zero-order chi connectivity index (χ0) is 16.4. The lowest BCUT2D eigenvalue weighted by atomic mass is 9.89. The van der Waals surface area contributed by atoms with Crippen LogP contribution in [0.5, 0.6) is 0 Å². The van der Waals surface area contributed by atoms with Gasteiger partial charge in [0.2, 0.25) is 11.8 Å². The molecule has 1 unspecified atom stereocenters. The van der Waals surface area contributed by atoms with Crippen LogP contribution in [0.4, 0.5) is 4.39 Å². The van der Waals surface area contributed by atoms with Crippen molar-refractivity contribution in [2.75, 3.05) is 13.1 Å². The van der Waals surface area contributed by atoms with E-state index in [0.29, 0.717) is 38.8 Å². The maximum absolute atomic E-state index is 13.1. The quantitative estimate of drug-likeness (QED) is 0.784. The molecule has 0 spiro atoms. The largest absolute Gasteiger partial charge is 0.343 e. The van der Waals surface area contributed by atoms with Crippen LogP contribution in [0, 0.1) is 11.8 Å². The fraction of sp³-hybridized carbons (Fsp3) is 0.588. The van der Waals surface area contributed by atoms with E-state index < -0.39 is 0 Å². The number of nitrogens with zero attached hydrogens (tertiary/aromatic N) is 3. The van der Waals surface area contributed by atoms with Crippen molar-refractivity contribution < 1.29 is 14.0 Å². The molecular weight excluding hydrogens is 297 g/mol. The molecule has 2 amide bonds. The van der Waals surface area contributed by atoms with Crippen LogP contribution in [-0.4, -0.2) is 47.1 Å². The number of carbonyl (C=O) groups excluding carboxylic acids is 2. The van der Waals surface area contributed by atoms with Gasteiger partial charge in [-0.1, -0.05) is 6.08 Å². The SMILES string of the molecule is CC(=O)N1CCC(C(=O)N2N=CC[C@H]2C2C=CC(F)=CC2)CC1. The minimum absolute atomic E-state index is 0.0195. The van der Waals surface area contributed by atoms with Gasteiger partial charge in [0.25, 0.3) is 0 Å². The summed E-state index contributed by atoms with van der Waals surface area (Å²) < 4.78 is 13.1. The number of amides is 2. The van der Waals surface area contributed by atoms with E-state index in [2.05, 4.69) is 5.10 Å². The Morgan fingerprint density at radius 3 is 2.61 bits per heavy atom. The van der Waals surface area contributed by atoms with Gasteiger partial charge in [-0.25, -0.2) is 9.40 Å². The van der Waals surface area contributed by atoms with Gasteiger partial charge < -0.3 is 4.90 Å². The predicted octanol–water partition coefficient (Wildman–Crippen LogP) is 2.26. The van der Waals surface area contributed by atoms with Gasteiger partial charge in [0.1, 0.15) is 5.83 Å². The minimum atomic E-state index is -0.213. The van der Waals surface area contributed by atoms with E-state index in [1.165, 1.54) is 6.08 Å². The third kappa shape index (κ3) is 3.35. The fourth-order valence-electron chi connectivity index (χ4n) is 3.53. The molecule has 0 saturated carbocycles. The lowest BCUT2D eigenvalue weighted by Crippen LogP contribution is -2.45. The summed E-state index contributed by atoms with van der Waals surface area (Å²) in [5, 5.41) is 5.87. The summed E-state index contributed by atoms with van der Waals surface area (Å²) in [7, 11) is 0. The zero-order valence-corrected chi connectivity index (χ0v) is 13.3. The molecule has 1 fully saturated rings. The van der Waals surface area contributed by atoms with Gasteiger partial charge in [-0.3, -0.25) is 9.59 Å². The monoisotopic (exact) mass is 319 g/mol. The Labute approximate surface area is 135 Å². The maximum Gasteiger partial charge on any atom is 0.246 e. The van der Waals surface area contributed by atoms with Crippen molar-refractivity contribution in [2.24, 2.45) is 16.9 Å². The van der Waals surface area contributed by atoms with E-state index in [1.54, 1.807) is 29.1 Å². The van der Waals surface area contributed by atoms with Gasteiger partial charge in [-0.05, 0) is 31.4 Å². The number of carbonyl (C=O) groups is 2. The molecule has 2 atom stereocenters. The van der Waals surface area contributed by atoms with Crippen LogP contribution in [-0.2, 0) is 9.59 Å². The number of halogens is 1. The molecule has 0 aromatic heterocycles. The summed E-state index contributed by atoms with van der Waals surface area (Å²) in [6, 6.07) is -0.0195. The van der Waals surface area contributed by atoms with Gasteiger partial charge in [-0.15, -0.1) is 0 Å². The van der Waals surface area contributed by atoms with Gasteiger partial charge >= 0.3 is 0 Å². The first kappa shape index (κ1) is 15.9. The number of likely N-dealkylation sites (tertiary alicyclic amines) is 1. The van der Waals surface area contributed by atoms with E-state index in [0.717, 1.165) is 0 Å². The highest BCUT2D eigenvalue weighted by Gasteiger charge is 2.37. The third-order valence-electron chi connectivity index (χ3n) is 4.96. The number of rotatable bonds is 2. The van der Waals surface area contributed by atoms with Crippen LogP contribution in [0.3, 0.4) is 0 Å². The molecule has 2 heterocycles. The van der Waals surface area contributed by atoms with Crippen molar-refractivity contribution in [3.05, 3.63) is 24.1 Å². The Hall–Kier alpha value is -1.98. The van der Waals surface area contributed by atoms with Gasteiger partial charge in [-0.2, -0.15) is 5.10 Å². The van der Waals surface area contributed by atoms with Crippen molar-refractivity contribution in [3.8, 4) is 0 Å². The highest BCUT2D eigenvalue weighted by Crippen LogP contribution is 2.30. The first-order valence-corrected chi connectivity index (χ1v) is 8.21. The third-order valence-corrected chi connectivity index (χ3v) is 4.96. The van der Waals surface area contributed by atoms with Crippen LogP contribution in [0.2, 0.25) is 0 Å². The molecule has 3 rings (SSSR count). The molecule has 0 bridgehead atoms. The van der Waals surface area contributed by atoms with Crippen LogP contribution in [0.25, 0.3) is 0 Å². The molecule has 5 nitrogen and oxygen atoms in total. The van der Waals surface area contributed by atoms with Crippen molar-refractivity contribution in [2.45, 2.75) is 38.6 Å². The summed E-state index contributed by atoms with van der Waals surface area (Å²) >= 11 is 0. The Balaban J connectivity index is 1.62. The number of hydrogen-bond donors (Lipinski definition) is 0. The van der Waals surface area contributed by atoms with Crippen LogP contribution in [0.1, 0.15) is 32.6 Å². The summed E-state index contributed by atoms with van der Waals surface area (Å²) in [5.74, 6) is -0.0828. The van der Waals surface area contributed by atoms with E-state index in [9.17, 15) is 14.0 Å². The molecule has 2 aliphatic heterocycles. The van der Waals surface area contributed by atoms with Crippen molar-refractivity contribution in [3.63, 3.8) is 0 Å². The first-order chi connectivity index (χ1) is 11.1. The normalized spacial score (nSPS) is 28.2. The van der Waals surface area contributed by atoms with Crippen LogP contribution < -0.4 is 0 Å². The van der Waals surface area contributed by atoms with Crippen LogP contribution in [0.15, 0.2) is 29.2 Å². The molecule has 1 aliphatic carbocycles. The van der Waals surface area contributed by atoms with Crippen molar-refractivity contribution >= 4 is 18.0 Å². The first-order valence-electron chi connectivity index (χ1n) is 8.21. The lowest BCUT2D eigenvalue weighted by Gasteiger charge is -2.34. The summed E-state index contributed by atoms with van der Waals surface area (Å²) in [6.45, 7) is 2.82. The second-order valence-electron chi connectivity index (χ2n) is 6.41. The van der Waals surface area contributed by atoms with Gasteiger partial charge in [0.05, 0.1) is 6.04 Å². The second kappa shape index (κ2) is 6.64. The molecule has 3 aliphatic rings. The van der Waals surface area contributed by atoms with E-state index in [4.69, 9.17) is 0 Å². The molecular formula is C17H22FN3O2. The highest BCUT2D eigenvalue weighted by molar-refractivity contribution is 5.82. The minimum Gasteiger partial charge on any atom is -0.343 e. The topological polar surface area (TPSA) is 53.0 Å². The second-order valence-corrected chi connectivity index (χ2v) is 6.41. The van der Waals surface area contributed by atoms with Crippen molar-refractivity contribution in [1.82, 2.24) is 9.91 Å². The summed E-state index contributed by atoms with van der Waals surface area (Å²) in [4.78, 5) is 26.0. The smallest absolute Gasteiger partial charge is 0.246 e. The lowest BCUT2D eigenvalue weighted by molar-refractivity contribution is -0.142. The van der Waals surface area contributed by atoms with E-state index >= 15 is 0 Å². The maximum atomic E-state index is 13.1. The molecule has 0 aromatic carbocycles. The predicted molar refractivity (Wildman–Crippen MR) is 85.2 cm³/mol. The molecule has 6 heteroatoms. The highest BCUT2D eigenvalue weighted by atomic mass is 19.1. The van der Waals surface area contributed by atoms with Gasteiger partial charge in [0.15, 0.2) is 0 Å². The zero-order valence-electron chi connectivity index (χ0n) is 13.3. The molecule has 0 radical (unpaired) electrons. The summed E-state index contributed by atoms with van der Waals surface area (Å²) in [5.41, 5.74) is 0. The Morgan fingerprint density at radius 2 is 2.00 bits per heavy atom. The van der Waals surface area contributed by atoms with E-state index in [-0.39, 0.29) is 35.5 Å². The molecule has 0 N–H and O–H groups in total. The summed E-state index contributed by atoms with van der Waals surface area (Å²) in [6.07, 6.45) is 9.34. The average molecular weight is 319 g/mol. The number of hydrazone groups is 1. The Morgan fingerprint density at radius 1 is 1.26 bits per heavy atom. The van der Waals surface area contributed by atoms with E-state index in [1.807, 2.05) is 6.08 Å². The average Bonchev–Trinajstić information content (AvgIpc) is 3.04. The Bertz CT molecular complexity index is 576. The molecule has 23 heavy (non-hydrogen) atoms. The standard InChI is InChI=1S/C17H22FN3O2/c1-12(22)20-10-7-14(8-11-20)17(23)21-16(6-9-19-21)13-2-4-15(18)5-3-13/h2,4-5,9,13-14,16H,3,6-8,10-11H2,1H3/t13?,16-/m0/s1.